The molecule has 1 aliphatic heterocycles. The highest BCUT2D eigenvalue weighted by Crippen LogP contribution is 2.36. The first-order valence-corrected chi connectivity index (χ1v) is 8.69. The van der Waals surface area contributed by atoms with Gasteiger partial charge in [0, 0.05) is 23.8 Å². The van der Waals surface area contributed by atoms with Gasteiger partial charge in [-0.3, -0.25) is 14.5 Å². The number of rotatable bonds is 5. The topological polar surface area (TPSA) is 55.8 Å². The lowest BCUT2D eigenvalue weighted by atomic mass is 9.88. The molecule has 3 rings (SSSR count). The zero-order chi connectivity index (χ0) is 18.7. The average Bonchev–Trinajstić information content (AvgIpc) is 2.65. The molecule has 0 saturated carbocycles. The molecule has 0 unspecified atom stereocenters. The number of methoxy groups -OCH3 is 2. The molecule has 1 fully saturated rings. The third-order valence-corrected chi connectivity index (χ3v) is 4.98. The van der Waals surface area contributed by atoms with Gasteiger partial charge in [-0.25, -0.2) is 0 Å². The highest BCUT2D eigenvalue weighted by atomic mass is 35.5. The summed E-state index contributed by atoms with van der Waals surface area (Å²) < 4.78 is 10.6. The number of halogens is 1. The molecular formula is C20H20ClNO4. The molecule has 26 heavy (non-hydrogen) atoms. The van der Waals surface area contributed by atoms with Crippen molar-refractivity contribution >= 4 is 23.4 Å². The van der Waals surface area contributed by atoms with Gasteiger partial charge < -0.3 is 9.47 Å². The van der Waals surface area contributed by atoms with E-state index in [-0.39, 0.29) is 37.1 Å². The number of benzene rings is 2. The Morgan fingerprint density at radius 2 is 1.65 bits per heavy atom. The number of hydrogen-bond acceptors (Lipinski definition) is 4. The van der Waals surface area contributed by atoms with Crippen molar-refractivity contribution in [2.45, 2.75) is 25.3 Å². The van der Waals surface area contributed by atoms with Crippen LogP contribution in [-0.2, 0) is 16.1 Å². The molecule has 0 aliphatic carbocycles. The molecule has 0 radical (unpaired) electrons. The van der Waals surface area contributed by atoms with E-state index >= 15 is 0 Å². The third kappa shape index (κ3) is 3.68. The van der Waals surface area contributed by atoms with Crippen LogP contribution in [0.25, 0.3) is 0 Å². The Morgan fingerprint density at radius 3 is 2.27 bits per heavy atom. The Kier molecular flexibility index (Phi) is 5.47. The highest BCUT2D eigenvalue weighted by molar-refractivity contribution is 6.31. The Morgan fingerprint density at radius 1 is 1.00 bits per heavy atom. The fraction of sp³-hybridized carbons (Fsp3) is 0.300. The predicted octanol–water partition coefficient (Wildman–Crippen LogP) is 3.79. The maximum absolute atomic E-state index is 12.6. The second-order valence-electron chi connectivity index (χ2n) is 6.18. The quantitative estimate of drug-likeness (QED) is 0.748. The van der Waals surface area contributed by atoms with Gasteiger partial charge in [-0.2, -0.15) is 0 Å². The van der Waals surface area contributed by atoms with Crippen LogP contribution >= 0.6 is 11.6 Å². The molecule has 2 aromatic rings. The minimum atomic E-state index is -0.194. The molecule has 0 aromatic heterocycles. The molecule has 0 atom stereocenters. The fourth-order valence-electron chi connectivity index (χ4n) is 3.17. The number of carbonyl (C=O) groups excluding carboxylic acids is 2. The number of carbonyl (C=O) groups is 2. The van der Waals surface area contributed by atoms with E-state index < -0.39 is 0 Å². The van der Waals surface area contributed by atoms with Gasteiger partial charge in [0.1, 0.15) is 0 Å². The van der Waals surface area contributed by atoms with Crippen molar-refractivity contribution in [1.29, 1.82) is 0 Å². The Labute approximate surface area is 157 Å². The molecule has 0 N–H and O–H groups in total. The van der Waals surface area contributed by atoms with Gasteiger partial charge >= 0.3 is 0 Å². The van der Waals surface area contributed by atoms with Crippen molar-refractivity contribution in [2.24, 2.45) is 0 Å². The lowest BCUT2D eigenvalue weighted by molar-refractivity contribution is -0.149. The maximum atomic E-state index is 12.6. The number of likely N-dealkylation sites (tertiary alicyclic amines) is 1. The van der Waals surface area contributed by atoms with Gasteiger partial charge in [0.2, 0.25) is 11.8 Å². The second kappa shape index (κ2) is 7.79. The number of nitrogens with zero attached hydrogens (tertiary/aromatic N) is 1. The molecule has 136 valence electrons. The van der Waals surface area contributed by atoms with Crippen molar-refractivity contribution < 1.29 is 19.1 Å². The Bertz CT molecular complexity index is 818. The van der Waals surface area contributed by atoms with Crippen molar-refractivity contribution in [3.63, 3.8) is 0 Å². The minimum Gasteiger partial charge on any atom is -0.493 e. The normalized spacial score (nSPS) is 15.3. The van der Waals surface area contributed by atoms with E-state index in [4.69, 9.17) is 21.1 Å². The van der Waals surface area contributed by atoms with E-state index in [9.17, 15) is 9.59 Å². The van der Waals surface area contributed by atoms with E-state index in [1.165, 1.54) is 4.90 Å². The van der Waals surface area contributed by atoms with E-state index in [0.717, 1.165) is 11.1 Å². The molecule has 1 saturated heterocycles. The van der Waals surface area contributed by atoms with Gasteiger partial charge in [-0.15, -0.1) is 0 Å². The number of ether oxygens (including phenoxy) is 2. The van der Waals surface area contributed by atoms with Gasteiger partial charge in [-0.1, -0.05) is 35.9 Å². The molecule has 1 heterocycles. The summed E-state index contributed by atoms with van der Waals surface area (Å²) in [6.45, 7) is 0.204. The van der Waals surface area contributed by atoms with Crippen LogP contribution in [0.3, 0.4) is 0 Å². The van der Waals surface area contributed by atoms with Crippen molar-refractivity contribution in [1.82, 2.24) is 4.90 Å². The van der Waals surface area contributed by atoms with Crippen LogP contribution in [0.2, 0.25) is 5.02 Å². The van der Waals surface area contributed by atoms with Crippen LogP contribution in [0.15, 0.2) is 42.5 Å². The number of imide groups is 1. The lowest BCUT2D eigenvalue weighted by Gasteiger charge is -2.30. The van der Waals surface area contributed by atoms with Gasteiger partial charge in [0.05, 0.1) is 20.8 Å². The molecule has 0 spiro atoms. The molecule has 2 aromatic carbocycles. The SMILES string of the molecule is COc1ccc(C2CC(=O)N(Cc3ccccc3Cl)C(=O)C2)cc1OC. The first-order chi connectivity index (χ1) is 12.5. The van der Waals surface area contributed by atoms with E-state index in [2.05, 4.69) is 0 Å². The summed E-state index contributed by atoms with van der Waals surface area (Å²) in [5.74, 6) is 0.646. The predicted molar refractivity (Wildman–Crippen MR) is 98.5 cm³/mol. The van der Waals surface area contributed by atoms with Crippen LogP contribution in [0.1, 0.15) is 29.9 Å². The lowest BCUT2D eigenvalue weighted by Crippen LogP contribution is -2.42. The minimum absolute atomic E-state index is 0.169. The summed E-state index contributed by atoms with van der Waals surface area (Å²) >= 11 is 6.15. The third-order valence-electron chi connectivity index (χ3n) is 4.61. The molecule has 1 aliphatic rings. The van der Waals surface area contributed by atoms with Gasteiger partial charge in [-0.05, 0) is 29.3 Å². The summed E-state index contributed by atoms with van der Waals surface area (Å²) in [6.07, 6.45) is 0.539. The Hall–Kier alpha value is -2.53. The van der Waals surface area contributed by atoms with Crippen LogP contribution in [0.5, 0.6) is 11.5 Å². The van der Waals surface area contributed by atoms with E-state index in [1.807, 2.05) is 30.3 Å². The number of hydrogen-bond donors (Lipinski definition) is 0. The zero-order valence-corrected chi connectivity index (χ0v) is 15.5. The summed E-state index contributed by atoms with van der Waals surface area (Å²) in [5.41, 5.74) is 1.65. The average molecular weight is 374 g/mol. The fourth-order valence-corrected chi connectivity index (χ4v) is 3.36. The summed E-state index contributed by atoms with van der Waals surface area (Å²) in [7, 11) is 3.13. The zero-order valence-electron chi connectivity index (χ0n) is 14.7. The summed E-state index contributed by atoms with van der Waals surface area (Å²) in [5, 5.41) is 0.551. The van der Waals surface area contributed by atoms with E-state index in [1.54, 1.807) is 26.4 Å². The van der Waals surface area contributed by atoms with Crippen molar-refractivity contribution in [2.75, 3.05) is 14.2 Å². The first kappa shape index (κ1) is 18.3. The van der Waals surface area contributed by atoms with Crippen LogP contribution in [-0.4, -0.2) is 30.9 Å². The molecule has 0 bridgehead atoms. The second-order valence-corrected chi connectivity index (χ2v) is 6.59. The molecule has 2 amide bonds. The van der Waals surface area contributed by atoms with Crippen molar-refractivity contribution in [3.8, 4) is 11.5 Å². The highest BCUT2D eigenvalue weighted by Gasteiger charge is 2.33. The summed E-state index contributed by atoms with van der Waals surface area (Å²) in [6, 6.07) is 12.7. The van der Waals surface area contributed by atoms with E-state index in [0.29, 0.717) is 16.5 Å². The first-order valence-electron chi connectivity index (χ1n) is 8.32. The maximum Gasteiger partial charge on any atom is 0.230 e. The van der Waals surface area contributed by atoms with Gasteiger partial charge in [0.25, 0.3) is 0 Å². The standard InChI is InChI=1S/C20H20ClNO4/c1-25-17-8-7-13(9-18(17)26-2)15-10-19(23)22(20(24)11-15)12-14-5-3-4-6-16(14)21/h3-9,15H,10-12H2,1-2H3. The monoisotopic (exact) mass is 373 g/mol. The summed E-state index contributed by atoms with van der Waals surface area (Å²) in [4.78, 5) is 26.5. The van der Waals surface area contributed by atoms with Crippen LogP contribution < -0.4 is 9.47 Å². The number of piperidine rings is 1. The van der Waals surface area contributed by atoms with Crippen LogP contribution in [0, 0.1) is 0 Å². The molecule has 5 nitrogen and oxygen atoms in total. The van der Waals surface area contributed by atoms with Crippen molar-refractivity contribution in [3.05, 3.63) is 58.6 Å². The largest absolute Gasteiger partial charge is 0.493 e. The molecular weight excluding hydrogens is 354 g/mol. The molecule has 6 heteroatoms. The van der Waals surface area contributed by atoms with Gasteiger partial charge in [0.15, 0.2) is 11.5 Å². The number of amides is 2. The Balaban J connectivity index is 1.77. The van der Waals surface area contributed by atoms with Crippen LogP contribution in [0.4, 0.5) is 0 Å². The smallest absolute Gasteiger partial charge is 0.230 e.